The third kappa shape index (κ3) is 4.35. The molecular formula is C18H20N2O5. The minimum absolute atomic E-state index is 0.205. The van der Waals surface area contributed by atoms with E-state index in [1.54, 1.807) is 45.0 Å². The number of carboxylic acids is 1. The number of benzene rings is 1. The number of amides is 2. The highest BCUT2D eigenvalue weighted by Gasteiger charge is 2.46. The van der Waals surface area contributed by atoms with Gasteiger partial charge in [-0.15, -0.1) is 0 Å². The Bertz CT molecular complexity index is 727. The van der Waals surface area contributed by atoms with Gasteiger partial charge in [0, 0.05) is 0 Å². The Hall–Kier alpha value is -2.88. The Kier molecular flexibility index (Phi) is 5.12. The largest absolute Gasteiger partial charge is 0.481 e. The van der Waals surface area contributed by atoms with Crippen LogP contribution in [0.3, 0.4) is 0 Å². The maximum absolute atomic E-state index is 12.6. The number of hydrogen-bond acceptors (Lipinski definition) is 5. The van der Waals surface area contributed by atoms with Gasteiger partial charge in [-0.2, -0.15) is 5.26 Å². The normalized spacial score (nSPS) is 20.2. The van der Waals surface area contributed by atoms with E-state index in [9.17, 15) is 14.4 Å². The van der Waals surface area contributed by atoms with Gasteiger partial charge in [-0.3, -0.25) is 9.59 Å². The van der Waals surface area contributed by atoms with Gasteiger partial charge in [0.1, 0.15) is 5.60 Å². The van der Waals surface area contributed by atoms with Crippen LogP contribution in [0.2, 0.25) is 0 Å². The van der Waals surface area contributed by atoms with Crippen LogP contribution in [-0.2, 0) is 14.3 Å². The first-order chi connectivity index (χ1) is 11.6. The number of carbonyl (C=O) groups is 3. The maximum atomic E-state index is 12.6. The third-order valence-corrected chi connectivity index (χ3v) is 3.84. The monoisotopic (exact) mass is 344 g/mol. The van der Waals surface area contributed by atoms with Crippen molar-refractivity contribution in [3.63, 3.8) is 0 Å². The molecule has 0 saturated carbocycles. The molecule has 1 N–H and O–H groups in total. The lowest BCUT2D eigenvalue weighted by Gasteiger charge is -2.27. The van der Waals surface area contributed by atoms with E-state index >= 15 is 0 Å². The first-order valence-corrected chi connectivity index (χ1v) is 7.90. The molecule has 2 atom stereocenters. The highest BCUT2D eigenvalue weighted by Crippen LogP contribution is 2.39. The van der Waals surface area contributed by atoms with Crippen LogP contribution in [0.4, 0.5) is 4.79 Å². The lowest BCUT2D eigenvalue weighted by Crippen LogP contribution is -2.40. The summed E-state index contributed by atoms with van der Waals surface area (Å²) in [5, 5.41) is 17.9. The quantitative estimate of drug-likeness (QED) is 0.903. The van der Waals surface area contributed by atoms with Crippen molar-refractivity contribution in [2.75, 3.05) is 0 Å². The number of aliphatic carboxylic acids is 1. The fourth-order valence-electron chi connectivity index (χ4n) is 2.80. The van der Waals surface area contributed by atoms with Crippen molar-refractivity contribution in [2.45, 2.75) is 45.3 Å². The zero-order chi connectivity index (χ0) is 18.8. The first kappa shape index (κ1) is 18.5. The van der Waals surface area contributed by atoms with Gasteiger partial charge in [0.2, 0.25) is 5.91 Å². The number of nitriles is 1. The molecule has 25 heavy (non-hydrogen) atoms. The van der Waals surface area contributed by atoms with Gasteiger partial charge in [-0.25, -0.2) is 9.69 Å². The van der Waals surface area contributed by atoms with Crippen LogP contribution in [0.15, 0.2) is 24.3 Å². The van der Waals surface area contributed by atoms with Crippen LogP contribution in [0.25, 0.3) is 0 Å². The van der Waals surface area contributed by atoms with Crippen molar-refractivity contribution in [1.29, 1.82) is 5.26 Å². The molecule has 1 aliphatic rings. The van der Waals surface area contributed by atoms with Crippen LogP contribution < -0.4 is 0 Å². The summed E-state index contributed by atoms with van der Waals surface area (Å²) in [4.78, 5) is 37.1. The Morgan fingerprint density at radius 2 is 1.92 bits per heavy atom. The number of nitrogens with zero attached hydrogens (tertiary/aromatic N) is 2. The van der Waals surface area contributed by atoms with E-state index in [2.05, 4.69) is 0 Å². The first-order valence-electron chi connectivity index (χ1n) is 7.90. The molecule has 0 bridgehead atoms. The van der Waals surface area contributed by atoms with Gasteiger partial charge in [-0.1, -0.05) is 12.1 Å². The van der Waals surface area contributed by atoms with E-state index in [0.29, 0.717) is 11.1 Å². The summed E-state index contributed by atoms with van der Waals surface area (Å²) in [7, 11) is 0. The molecular weight excluding hydrogens is 324 g/mol. The van der Waals surface area contributed by atoms with Gasteiger partial charge < -0.3 is 9.84 Å². The Labute approximate surface area is 145 Å². The molecule has 7 heteroatoms. The van der Waals surface area contributed by atoms with Gasteiger partial charge >= 0.3 is 12.1 Å². The molecule has 7 nitrogen and oxygen atoms in total. The molecule has 0 unspecified atom stereocenters. The zero-order valence-corrected chi connectivity index (χ0v) is 14.4. The summed E-state index contributed by atoms with van der Waals surface area (Å²) in [6.07, 6.45) is -0.930. The van der Waals surface area contributed by atoms with Crippen LogP contribution in [0, 0.1) is 17.2 Å². The van der Waals surface area contributed by atoms with E-state index in [1.807, 2.05) is 6.07 Å². The molecule has 2 rings (SSSR count). The lowest BCUT2D eigenvalue weighted by molar-refractivity contribution is -0.142. The zero-order valence-electron chi connectivity index (χ0n) is 14.4. The van der Waals surface area contributed by atoms with Crippen LogP contribution >= 0.6 is 0 Å². The molecule has 2 amide bonds. The Balaban J connectivity index is 2.35. The van der Waals surface area contributed by atoms with Crippen molar-refractivity contribution in [3.8, 4) is 6.07 Å². The predicted octanol–water partition coefficient (Wildman–Crippen LogP) is 2.86. The van der Waals surface area contributed by atoms with Gasteiger partial charge in [0.25, 0.3) is 0 Å². The molecule has 1 aromatic rings. The summed E-state index contributed by atoms with van der Waals surface area (Å²) >= 11 is 0. The molecule has 1 aromatic carbocycles. The highest BCUT2D eigenvalue weighted by molar-refractivity contribution is 5.97. The fraction of sp³-hybridized carbons (Fsp3) is 0.444. The Morgan fingerprint density at radius 3 is 2.40 bits per heavy atom. The Morgan fingerprint density at radius 1 is 1.32 bits per heavy atom. The van der Waals surface area contributed by atoms with Crippen molar-refractivity contribution in [2.24, 2.45) is 5.92 Å². The van der Waals surface area contributed by atoms with Gasteiger partial charge in [0.05, 0.1) is 30.0 Å². The second-order valence-electron chi connectivity index (χ2n) is 6.97. The molecule has 0 spiro atoms. The average Bonchev–Trinajstić information content (AvgIpc) is 2.82. The maximum Gasteiger partial charge on any atom is 0.417 e. The minimum Gasteiger partial charge on any atom is -0.481 e. The second-order valence-corrected chi connectivity index (χ2v) is 6.97. The van der Waals surface area contributed by atoms with Crippen LogP contribution in [0.5, 0.6) is 0 Å². The molecule has 0 radical (unpaired) electrons. The number of rotatable bonds is 3. The van der Waals surface area contributed by atoms with Crippen molar-refractivity contribution in [1.82, 2.24) is 4.90 Å². The summed E-state index contributed by atoms with van der Waals surface area (Å²) < 4.78 is 5.31. The van der Waals surface area contributed by atoms with E-state index in [-0.39, 0.29) is 12.8 Å². The van der Waals surface area contributed by atoms with E-state index in [0.717, 1.165) is 4.90 Å². The summed E-state index contributed by atoms with van der Waals surface area (Å²) in [6.45, 7) is 5.07. The van der Waals surface area contributed by atoms with E-state index in [4.69, 9.17) is 15.1 Å². The highest BCUT2D eigenvalue weighted by atomic mass is 16.6. The number of hydrogen-bond donors (Lipinski definition) is 1. The number of ether oxygens (including phenoxy) is 1. The number of likely N-dealkylation sites (tertiary alicyclic amines) is 1. The van der Waals surface area contributed by atoms with Crippen LogP contribution in [-0.4, -0.2) is 33.6 Å². The summed E-state index contributed by atoms with van der Waals surface area (Å²) in [5.41, 5.74) is 0.336. The molecule has 1 fully saturated rings. The van der Waals surface area contributed by atoms with Crippen molar-refractivity contribution >= 4 is 18.0 Å². The minimum atomic E-state index is -1.09. The van der Waals surface area contributed by atoms with Crippen molar-refractivity contribution in [3.05, 3.63) is 35.4 Å². The summed E-state index contributed by atoms with van der Waals surface area (Å²) in [5.74, 6) is -2.43. The molecule has 132 valence electrons. The summed E-state index contributed by atoms with van der Waals surface area (Å²) in [6, 6.07) is 7.91. The molecule has 1 heterocycles. The van der Waals surface area contributed by atoms with E-state index in [1.165, 1.54) is 0 Å². The molecule has 1 saturated heterocycles. The molecule has 1 aliphatic heterocycles. The predicted molar refractivity (Wildman–Crippen MR) is 87.3 cm³/mol. The number of imide groups is 1. The van der Waals surface area contributed by atoms with E-state index < -0.39 is 35.5 Å². The standard InChI is InChI=1S/C18H20N2O5/c1-18(2,3)25-17(24)20-14(8-13(16(20)23)9-15(21)22)12-6-4-11(10-19)5-7-12/h4-7,13-14H,8-9H2,1-3H3,(H,21,22)/t13-,14+/m0/s1. The topological polar surface area (TPSA) is 108 Å². The van der Waals surface area contributed by atoms with Gasteiger partial charge in [-0.05, 0) is 44.9 Å². The molecule has 0 aromatic heterocycles. The number of carboxylic acid groups (broad SMARTS) is 1. The lowest BCUT2D eigenvalue weighted by atomic mass is 9.97. The van der Waals surface area contributed by atoms with Gasteiger partial charge in [0.15, 0.2) is 0 Å². The SMILES string of the molecule is CC(C)(C)OC(=O)N1C(=O)[C@H](CC(=O)O)C[C@@H]1c1ccc(C#N)cc1. The fourth-order valence-corrected chi connectivity index (χ4v) is 2.80. The third-order valence-electron chi connectivity index (χ3n) is 3.84. The van der Waals surface area contributed by atoms with Crippen molar-refractivity contribution < 1.29 is 24.2 Å². The molecule has 0 aliphatic carbocycles. The second kappa shape index (κ2) is 6.93. The smallest absolute Gasteiger partial charge is 0.417 e. The number of carbonyl (C=O) groups excluding carboxylic acids is 2. The average molecular weight is 344 g/mol. The van der Waals surface area contributed by atoms with Crippen LogP contribution in [0.1, 0.15) is 50.8 Å².